The Morgan fingerprint density at radius 3 is 2.75 bits per heavy atom. The van der Waals surface area contributed by atoms with Crippen LogP contribution in [0.4, 0.5) is 5.69 Å². The Morgan fingerprint density at radius 1 is 1.30 bits per heavy atom. The highest BCUT2D eigenvalue weighted by atomic mass is 16.5. The predicted molar refractivity (Wildman–Crippen MR) is 78.4 cm³/mol. The van der Waals surface area contributed by atoms with E-state index < -0.39 is 0 Å². The van der Waals surface area contributed by atoms with E-state index in [1.54, 1.807) is 0 Å². The summed E-state index contributed by atoms with van der Waals surface area (Å²) in [5, 5.41) is 4.17. The van der Waals surface area contributed by atoms with Crippen LogP contribution in [0, 0.1) is 6.92 Å². The number of benzene rings is 1. The van der Waals surface area contributed by atoms with Crippen molar-refractivity contribution in [2.75, 3.05) is 25.9 Å². The van der Waals surface area contributed by atoms with Crippen LogP contribution in [0.15, 0.2) is 22.7 Å². The fourth-order valence-corrected chi connectivity index (χ4v) is 2.70. The minimum Gasteiger partial charge on any atom is -0.399 e. The van der Waals surface area contributed by atoms with Gasteiger partial charge in [-0.15, -0.1) is 0 Å². The molecule has 0 aliphatic carbocycles. The van der Waals surface area contributed by atoms with Crippen molar-refractivity contribution >= 4 is 5.69 Å². The second-order valence-corrected chi connectivity index (χ2v) is 5.61. The van der Waals surface area contributed by atoms with Crippen LogP contribution in [-0.4, -0.2) is 35.2 Å². The first-order valence-electron chi connectivity index (χ1n) is 7.02. The van der Waals surface area contributed by atoms with Crippen LogP contribution in [-0.2, 0) is 0 Å². The third-order valence-corrected chi connectivity index (χ3v) is 4.01. The molecule has 20 heavy (non-hydrogen) atoms. The van der Waals surface area contributed by atoms with Crippen molar-refractivity contribution in [3.05, 3.63) is 29.6 Å². The second-order valence-electron chi connectivity index (χ2n) is 5.61. The first kappa shape index (κ1) is 13.1. The van der Waals surface area contributed by atoms with Crippen molar-refractivity contribution < 1.29 is 4.52 Å². The molecule has 106 valence electrons. The first-order valence-corrected chi connectivity index (χ1v) is 7.02. The van der Waals surface area contributed by atoms with Crippen molar-refractivity contribution in [3.8, 4) is 11.5 Å². The smallest absolute Gasteiger partial charge is 0.258 e. The maximum Gasteiger partial charge on any atom is 0.258 e. The summed E-state index contributed by atoms with van der Waals surface area (Å²) < 4.78 is 5.44. The number of nitrogens with two attached hydrogens (primary N) is 1. The fraction of sp³-hybridized carbons (Fsp3) is 0.467. The zero-order valence-electron chi connectivity index (χ0n) is 12.0. The van der Waals surface area contributed by atoms with Gasteiger partial charge in [0, 0.05) is 17.2 Å². The van der Waals surface area contributed by atoms with E-state index in [4.69, 9.17) is 10.3 Å². The topological polar surface area (TPSA) is 68.2 Å². The Hall–Kier alpha value is -1.88. The number of aromatic nitrogens is 2. The van der Waals surface area contributed by atoms with E-state index in [2.05, 4.69) is 22.1 Å². The molecule has 0 atom stereocenters. The van der Waals surface area contributed by atoms with Crippen LogP contribution in [0.1, 0.15) is 30.1 Å². The van der Waals surface area contributed by atoms with E-state index in [1.165, 1.54) is 0 Å². The lowest BCUT2D eigenvalue weighted by Crippen LogP contribution is -2.29. The van der Waals surface area contributed by atoms with E-state index in [0.717, 1.165) is 48.6 Å². The molecule has 1 aliphatic rings. The summed E-state index contributed by atoms with van der Waals surface area (Å²) in [4.78, 5) is 6.92. The highest BCUT2D eigenvalue weighted by Crippen LogP contribution is 2.29. The molecule has 1 aromatic carbocycles. The van der Waals surface area contributed by atoms with Crippen LogP contribution >= 0.6 is 0 Å². The molecule has 5 nitrogen and oxygen atoms in total. The molecule has 0 spiro atoms. The average Bonchev–Trinajstić information content (AvgIpc) is 2.89. The van der Waals surface area contributed by atoms with Crippen LogP contribution in [0.5, 0.6) is 0 Å². The summed E-state index contributed by atoms with van der Waals surface area (Å²) in [6.07, 6.45) is 2.19. The molecule has 1 aliphatic heterocycles. The molecule has 3 rings (SSSR count). The SMILES string of the molecule is Cc1cc(N)ccc1-c1nc(C2CCN(C)CC2)no1. The molecule has 2 N–H and O–H groups in total. The summed E-state index contributed by atoms with van der Waals surface area (Å²) in [5.74, 6) is 1.85. The number of rotatable bonds is 2. The van der Waals surface area contributed by atoms with Crippen LogP contribution < -0.4 is 5.73 Å². The average molecular weight is 272 g/mol. The zero-order chi connectivity index (χ0) is 14.1. The predicted octanol–water partition coefficient (Wildman–Crippen LogP) is 2.44. The van der Waals surface area contributed by atoms with Gasteiger partial charge in [0.25, 0.3) is 5.89 Å². The van der Waals surface area contributed by atoms with E-state index in [0.29, 0.717) is 11.8 Å². The Labute approximate surface area is 118 Å². The molecular weight excluding hydrogens is 252 g/mol. The van der Waals surface area contributed by atoms with Gasteiger partial charge < -0.3 is 15.2 Å². The van der Waals surface area contributed by atoms with E-state index >= 15 is 0 Å². The van der Waals surface area contributed by atoms with Crippen molar-refractivity contribution in [3.63, 3.8) is 0 Å². The van der Waals surface area contributed by atoms with Gasteiger partial charge in [-0.25, -0.2) is 0 Å². The molecule has 2 heterocycles. The third kappa shape index (κ3) is 2.54. The molecule has 0 amide bonds. The number of likely N-dealkylation sites (tertiary alicyclic amines) is 1. The quantitative estimate of drug-likeness (QED) is 0.850. The van der Waals surface area contributed by atoms with Gasteiger partial charge in [-0.05, 0) is 63.7 Å². The number of piperidine rings is 1. The van der Waals surface area contributed by atoms with Crippen LogP contribution in [0.2, 0.25) is 0 Å². The van der Waals surface area contributed by atoms with Crippen LogP contribution in [0.3, 0.4) is 0 Å². The minimum atomic E-state index is 0.415. The van der Waals surface area contributed by atoms with Crippen molar-refractivity contribution in [2.24, 2.45) is 0 Å². The number of anilines is 1. The molecule has 5 heteroatoms. The summed E-state index contributed by atoms with van der Waals surface area (Å²) in [7, 11) is 2.15. The Balaban J connectivity index is 1.83. The molecule has 0 saturated carbocycles. The van der Waals surface area contributed by atoms with Gasteiger partial charge in [0.05, 0.1) is 0 Å². The summed E-state index contributed by atoms with van der Waals surface area (Å²) in [6.45, 7) is 4.19. The lowest BCUT2D eigenvalue weighted by atomic mass is 9.96. The van der Waals surface area contributed by atoms with Crippen molar-refractivity contribution in [1.29, 1.82) is 0 Å². The Bertz CT molecular complexity index is 600. The standard InChI is InChI=1S/C15H20N4O/c1-10-9-12(16)3-4-13(10)15-17-14(18-20-15)11-5-7-19(2)8-6-11/h3-4,9,11H,5-8,16H2,1-2H3. The molecule has 0 radical (unpaired) electrons. The van der Waals surface area contributed by atoms with Gasteiger partial charge in [-0.3, -0.25) is 0 Å². The number of hydrogen-bond donors (Lipinski definition) is 1. The van der Waals surface area contributed by atoms with Gasteiger partial charge in [0.2, 0.25) is 0 Å². The summed E-state index contributed by atoms with van der Waals surface area (Å²) in [6, 6.07) is 5.73. The van der Waals surface area contributed by atoms with E-state index in [9.17, 15) is 0 Å². The number of hydrogen-bond acceptors (Lipinski definition) is 5. The van der Waals surface area contributed by atoms with Gasteiger partial charge in [-0.1, -0.05) is 5.16 Å². The fourth-order valence-electron chi connectivity index (χ4n) is 2.70. The van der Waals surface area contributed by atoms with Crippen molar-refractivity contribution in [2.45, 2.75) is 25.7 Å². The zero-order valence-corrected chi connectivity index (χ0v) is 12.0. The molecule has 0 unspecified atom stereocenters. The maximum atomic E-state index is 5.77. The van der Waals surface area contributed by atoms with Crippen LogP contribution in [0.25, 0.3) is 11.5 Å². The third-order valence-electron chi connectivity index (χ3n) is 4.01. The van der Waals surface area contributed by atoms with Gasteiger partial charge >= 0.3 is 0 Å². The summed E-state index contributed by atoms with van der Waals surface area (Å²) in [5.41, 5.74) is 8.54. The molecule has 0 bridgehead atoms. The number of nitrogens with zero attached hydrogens (tertiary/aromatic N) is 3. The van der Waals surface area contributed by atoms with Gasteiger partial charge in [0.1, 0.15) is 0 Å². The van der Waals surface area contributed by atoms with Crippen molar-refractivity contribution in [1.82, 2.24) is 15.0 Å². The Morgan fingerprint density at radius 2 is 2.05 bits per heavy atom. The lowest BCUT2D eigenvalue weighted by molar-refractivity contribution is 0.248. The number of aryl methyl sites for hydroxylation is 1. The lowest BCUT2D eigenvalue weighted by Gasteiger charge is -2.26. The summed E-state index contributed by atoms with van der Waals surface area (Å²) >= 11 is 0. The van der Waals surface area contributed by atoms with E-state index in [-0.39, 0.29) is 0 Å². The number of nitrogen functional groups attached to an aromatic ring is 1. The molecule has 1 saturated heterocycles. The highest BCUT2D eigenvalue weighted by Gasteiger charge is 2.23. The molecule has 1 aromatic heterocycles. The normalized spacial score (nSPS) is 17.5. The minimum absolute atomic E-state index is 0.415. The second kappa shape index (κ2) is 5.25. The van der Waals surface area contributed by atoms with E-state index in [1.807, 2.05) is 25.1 Å². The van der Waals surface area contributed by atoms with Gasteiger partial charge in [0.15, 0.2) is 5.82 Å². The molecule has 1 fully saturated rings. The highest BCUT2D eigenvalue weighted by molar-refractivity contribution is 5.62. The monoisotopic (exact) mass is 272 g/mol. The molecule has 2 aromatic rings. The largest absolute Gasteiger partial charge is 0.399 e. The molecular formula is C15H20N4O. The first-order chi connectivity index (χ1) is 9.63. The Kier molecular flexibility index (Phi) is 3.44. The van der Waals surface area contributed by atoms with Gasteiger partial charge in [-0.2, -0.15) is 4.98 Å². The maximum absolute atomic E-state index is 5.77.